The number of rotatable bonds is 7. The molecule has 0 atom stereocenters. The van der Waals surface area contributed by atoms with E-state index in [0.29, 0.717) is 0 Å². The Morgan fingerprint density at radius 2 is 2.00 bits per heavy atom. The third kappa shape index (κ3) is 5.64. The lowest BCUT2D eigenvalue weighted by Gasteiger charge is -2.33. The average Bonchev–Trinajstić information content (AvgIpc) is 2.71. The van der Waals surface area contributed by atoms with Crippen LogP contribution in [0.5, 0.6) is 0 Å². The summed E-state index contributed by atoms with van der Waals surface area (Å²) in [7, 11) is 3.28. The predicted molar refractivity (Wildman–Crippen MR) is 107 cm³/mol. The highest BCUT2D eigenvalue weighted by Gasteiger charge is 2.26. The number of methoxy groups -OCH3 is 1. The molecule has 1 fully saturated rings. The van der Waals surface area contributed by atoms with Crippen molar-refractivity contribution in [2.45, 2.75) is 26.2 Å². The first-order valence-electron chi connectivity index (χ1n) is 9.53. The van der Waals surface area contributed by atoms with Crippen molar-refractivity contribution in [3.05, 3.63) is 30.3 Å². The second-order valence-electron chi connectivity index (χ2n) is 6.53. The van der Waals surface area contributed by atoms with Crippen molar-refractivity contribution in [2.24, 2.45) is 10.9 Å². The highest BCUT2D eigenvalue weighted by molar-refractivity contribution is 5.80. The molecule has 6 nitrogen and oxygen atoms in total. The number of benzene rings is 1. The van der Waals surface area contributed by atoms with E-state index in [-0.39, 0.29) is 11.9 Å². The maximum absolute atomic E-state index is 11.6. The van der Waals surface area contributed by atoms with Crippen LogP contribution in [0.3, 0.4) is 0 Å². The van der Waals surface area contributed by atoms with Crippen molar-refractivity contribution in [3.63, 3.8) is 0 Å². The molecule has 0 saturated carbocycles. The number of ether oxygens (including phenoxy) is 1. The maximum atomic E-state index is 11.6. The molecule has 0 amide bonds. The Kier molecular flexibility index (Phi) is 8.25. The van der Waals surface area contributed by atoms with Gasteiger partial charge in [-0.15, -0.1) is 0 Å². The van der Waals surface area contributed by atoms with E-state index in [4.69, 9.17) is 4.74 Å². The third-order valence-electron chi connectivity index (χ3n) is 4.93. The molecule has 0 aliphatic carbocycles. The molecule has 0 unspecified atom stereocenters. The number of carbonyl (C=O) groups is 1. The van der Waals surface area contributed by atoms with E-state index in [1.54, 1.807) is 0 Å². The fourth-order valence-electron chi connectivity index (χ4n) is 3.40. The van der Waals surface area contributed by atoms with Gasteiger partial charge < -0.3 is 19.9 Å². The zero-order valence-electron chi connectivity index (χ0n) is 16.3. The highest BCUT2D eigenvalue weighted by Crippen LogP contribution is 2.18. The number of likely N-dealkylation sites (tertiary alicyclic amines) is 1. The zero-order chi connectivity index (χ0) is 18.8. The largest absolute Gasteiger partial charge is 0.469 e. The third-order valence-corrected chi connectivity index (χ3v) is 4.93. The van der Waals surface area contributed by atoms with Crippen LogP contribution in [0.25, 0.3) is 0 Å². The summed E-state index contributed by atoms with van der Waals surface area (Å²) in [6.45, 7) is 6.75. The van der Waals surface area contributed by atoms with Crippen LogP contribution in [-0.4, -0.2) is 63.7 Å². The molecule has 1 aliphatic heterocycles. The Labute approximate surface area is 157 Å². The lowest BCUT2D eigenvalue weighted by molar-refractivity contribution is -0.146. The van der Waals surface area contributed by atoms with Crippen LogP contribution in [0.2, 0.25) is 0 Å². The van der Waals surface area contributed by atoms with Crippen molar-refractivity contribution in [3.8, 4) is 0 Å². The number of nitrogens with zero attached hydrogens (tertiary/aromatic N) is 3. The van der Waals surface area contributed by atoms with Crippen LogP contribution >= 0.6 is 0 Å². The molecule has 0 aromatic heterocycles. The number of para-hydroxylation sites is 1. The van der Waals surface area contributed by atoms with Gasteiger partial charge in [0.15, 0.2) is 5.96 Å². The quantitative estimate of drug-likeness (QED) is 0.350. The SMILES string of the molecule is CCN(CCCNC(=NC)N1CCC(C(=O)OC)CC1)c1ccccc1. The van der Waals surface area contributed by atoms with Crippen LogP contribution in [0.15, 0.2) is 35.3 Å². The minimum atomic E-state index is -0.0897. The number of guanidine groups is 1. The minimum absolute atomic E-state index is 0.0262. The van der Waals surface area contributed by atoms with E-state index in [0.717, 1.165) is 57.9 Å². The van der Waals surface area contributed by atoms with Crippen molar-refractivity contribution < 1.29 is 9.53 Å². The maximum Gasteiger partial charge on any atom is 0.308 e. The average molecular weight is 361 g/mol. The minimum Gasteiger partial charge on any atom is -0.469 e. The van der Waals surface area contributed by atoms with Gasteiger partial charge in [-0.1, -0.05) is 18.2 Å². The Morgan fingerprint density at radius 1 is 1.31 bits per heavy atom. The molecule has 1 aromatic rings. The number of anilines is 1. The normalized spacial score (nSPS) is 15.7. The molecule has 1 N–H and O–H groups in total. The number of aliphatic imine (C=N–C) groups is 1. The number of carbonyl (C=O) groups excluding carboxylic acids is 1. The van der Waals surface area contributed by atoms with E-state index >= 15 is 0 Å². The van der Waals surface area contributed by atoms with Crippen molar-refractivity contribution in [2.75, 3.05) is 51.8 Å². The van der Waals surface area contributed by atoms with Gasteiger partial charge in [-0.25, -0.2) is 0 Å². The summed E-state index contributed by atoms with van der Waals surface area (Å²) >= 11 is 0. The molecule has 0 bridgehead atoms. The Bertz CT molecular complexity index is 568. The molecular weight excluding hydrogens is 328 g/mol. The zero-order valence-corrected chi connectivity index (χ0v) is 16.3. The van der Waals surface area contributed by atoms with E-state index in [1.165, 1.54) is 12.8 Å². The highest BCUT2D eigenvalue weighted by atomic mass is 16.5. The Balaban J connectivity index is 1.73. The fraction of sp³-hybridized carbons (Fsp3) is 0.600. The summed E-state index contributed by atoms with van der Waals surface area (Å²) < 4.78 is 4.85. The van der Waals surface area contributed by atoms with Gasteiger partial charge in [0, 0.05) is 45.5 Å². The number of nitrogens with one attached hydrogen (secondary N) is 1. The number of hydrogen-bond donors (Lipinski definition) is 1. The van der Waals surface area contributed by atoms with Crippen molar-refractivity contribution in [1.82, 2.24) is 10.2 Å². The van der Waals surface area contributed by atoms with E-state index in [2.05, 4.69) is 51.3 Å². The first-order valence-corrected chi connectivity index (χ1v) is 9.53. The Hall–Kier alpha value is -2.24. The lowest BCUT2D eigenvalue weighted by atomic mass is 9.97. The van der Waals surface area contributed by atoms with Gasteiger partial charge in [-0.05, 0) is 38.3 Å². The van der Waals surface area contributed by atoms with Gasteiger partial charge >= 0.3 is 5.97 Å². The van der Waals surface area contributed by atoms with Gasteiger partial charge in [0.2, 0.25) is 0 Å². The Morgan fingerprint density at radius 3 is 2.58 bits per heavy atom. The van der Waals surface area contributed by atoms with Gasteiger partial charge in [-0.2, -0.15) is 0 Å². The lowest BCUT2D eigenvalue weighted by Crippen LogP contribution is -2.47. The number of hydrogen-bond acceptors (Lipinski definition) is 4. The molecule has 26 heavy (non-hydrogen) atoms. The monoisotopic (exact) mass is 360 g/mol. The van der Waals surface area contributed by atoms with Crippen LogP contribution in [0, 0.1) is 5.92 Å². The predicted octanol–water partition coefficient (Wildman–Crippen LogP) is 2.36. The first-order chi connectivity index (χ1) is 12.7. The van der Waals surface area contributed by atoms with Crippen LogP contribution in [-0.2, 0) is 9.53 Å². The summed E-state index contributed by atoms with van der Waals surface area (Å²) in [5, 5.41) is 3.46. The van der Waals surface area contributed by atoms with Crippen LogP contribution < -0.4 is 10.2 Å². The summed E-state index contributed by atoms with van der Waals surface area (Å²) in [5.41, 5.74) is 1.27. The molecule has 1 aliphatic rings. The fourth-order valence-corrected chi connectivity index (χ4v) is 3.40. The number of esters is 1. The van der Waals surface area contributed by atoms with Gasteiger partial charge in [-0.3, -0.25) is 9.79 Å². The molecular formula is C20H32N4O2. The van der Waals surface area contributed by atoms with Crippen LogP contribution in [0.4, 0.5) is 5.69 Å². The van der Waals surface area contributed by atoms with Gasteiger partial charge in [0.05, 0.1) is 13.0 Å². The van der Waals surface area contributed by atoms with E-state index in [9.17, 15) is 4.79 Å². The molecule has 1 saturated heterocycles. The standard InChI is InChI=1S/C20H32N4O2/c1-4-23(18-9-6-5-7-10-18)14-8-13-22-20(21-2)24-15-11-17(12-16-24)19(25)26-3/h5-7,9-10,17H,4,8,11-16H2,1-3H3,(H,21,22). The molecule has 1 aromatic carbocycles. The second kappa shape index (κ2) is 10.7. The van der Waals surface area contributed by atoms with Gasteiger partial charge in [0.1, 0.15) is 0 Å². The second-order valence-corrected chi connectivity index (χ2v) is 6.53. The van der Waals surface area contributed by atoms with E-state index in [1.807, 2.05) is 13.1 Å². The summed E-state index contributed by atoms with van der Waals surface area (Å²) in [6.07, 6.45) is 2.69. The van der Waals surface area contributed by atoms with E-state index < -0.39 is 0 Å². The molecule has 2 rings (SSSR count). The summed E-state index contributed by atoms with van der Waals surface area (Å²) in [6, 6.07) is 10.5. The molecule has 0 radical (unpaired) electrons. The van der Waals surface area contributed by atoms with Crippen LogP contribution in [0.1, 0.15) is 26.2 Å². The first kappa shape index (κ1) is 20.1. The number of piperidine rings is 1. The molecule has 144 valence electrons. The van der Waals surface area contributed by atoms with Crippen molar-refractivity contribution >= 4 is 17.6 Å². The smallest absolute Gasteiger partial charge is 0.308 e. The van der Waals surface area contributed by atoms with Crippen molar-refractivity contribution in [1.29, 1.82) is 0 Å². The molecule has 1 heterocycles. The summed E-state index contributed by atoms with van der Waals surface area (Å²) in [5.74, 6) is 0.864. The summed E-state index contributed by atoms with van der Waals surface area (Å²) in [4.78, 5) is 20.7. The van der Waals surface area contributed by atoms with Gasteiger partial charge in [0.25, 0.3) is 0 Å². The molecule has 0 spiro atoms. The topological polar surface area (TPSA) is 57.2 Å². The molecule has 6 heteroatoms.